The molecule has 1 rings (SSSR count). The molecular formula is C14H25N3O3S. The first-order chi connectivity index (χ1) is 9.40. The number of hydrogen-bond acceptors (Lipinski definition) is 5. The highest BCUT2D eigenvalue weighted by molar-refractivity contribution is 7.85. The number of carbonyl (C=O) groups is 1. The number of nitrogens with one attached hydrogen (secondary N) is 1. The van der Waals surface area contributed by atoms with Crippen LogP contribution in [0.3, 0.4) is 0 Å². The first-order valence-electron chi connectivity index (χ1n) is 6.92. The van der Waals surface area contributed by atoms with E-state index in [1.165, 1.54) is 0 Å². The summed E-state index contributed by atoms with van der Waals surface area (Å²) in [5.41, 5.74) is -0.568. The van der Waals surface area contributed by atoms with Crippen molar-refractivity contribution in [1.29, 1.82) is 0 Å². The minimum atomic E-state index is -1.40. The summed E-state index contributed by atoms with van der Waals surface area (Å²) in [5.74, 6) is 0.552. The molecule has 0 fully saturated rings. The predicted molar refractivity (Wildman–Crippen MR) is 82.3 cm³/mol. The summed E-state index contributed by atoms with van der Waals surface area (Å²) in [5, 5.41) is 6.22. The Hall–Kier alpha value is -1.24. The van der Waals surface area contributed by atoms with Crippen molar-refractivity contribution in [2.75, 3.05) is 5.75 Å². The van der Waals surface area contributed by atoms with E-state index in [2.05, 4.69) is 15.5 Å². The van der Waals surface area contributed by atoms with Crippen molar-refractivity contribution in [1.82, 2.24) is 15.5 Å². The summed E-state index contributed by atoms with van der Waals surface area (Å²) < 4.78 is 17.4. The number of aromatic nitrogens is 2. The van der Waals surface area contributed by atoms with E-state index in [-0.39, 0.29) is 22.6 Å². The highest BCUT2D eigenvalue weighted by Gasteiger charge is 2.27. The Morgan fingerprint density at radius 3 is 2.29 bits per heavy atom. The molecule has 0 aliphatic heterocycles. The number of carbonyl (C=O) groups excluding carboxylic acids is 1. The zero-order valence-corrected chi connectivity index (χ0v) is 14.6. The smallest absolute Gasteiger partial charge is 0.242 e. The Labute approximate surface area is 128 Å². The Bertz CT molecular complexity index is 526. The molecule has 2 atom stereocenters. The normalized spacial score (nSPS) is 15.6. The Balaban J connectivity index is 2.71. The minimum Gasteiger partial charge on any atom is -0.351 e. The summed E-state index contributed by atoms with van der Waals surface area (Å²) in [6, 6.07) is 0. The van der Waals surface area contributed by atoms with Crippen LogP contribution in [0.2, 0.25) is 0 Å². The SMILES string of the molecule is CC(c1nc(C(C)(C)C)no1)S(=O)CC(=O)NC(C)(C)C. The van der Waals surface area contributed by atoms with Gasteiger partial charge in [-0.15, -0.1) is 0 Å². The van der Waals surface area contributed by atoms with Gasteiger partial charge < -0.3 is 9.84 Å². The van der Waals surface area contributed by atoms with Gasteiger partial charge in [-0.05, 0) is 27.7 Å². The molecule has 2 unspecified atom stereocenters. The second-order valence-electron chi connectivity index (χ2n) is 7.17. The summed E-state index contributed by atoms with van der Waals surface area (Å²) >= 11 is 0. The quantitative estimate of drug-likeness (QED) is 0.919. The molecule has 0 radical (unpaired) electrons. The molecule has 0 bridgehead atoms. The van der Waals surface area contributed by atoms with E-state index in [9.17, 15) is 9.00 Å². The molecule has 1 aromatic rings. The van der Waals surface area contributed by atoms with Crippen LogP contribution in [0.4, 0.5) is 0 Å². The van der Waals surface area contributed by atoms with Crippen LogP contribution in [0.25, 0.3) is 0 Å². The Morgan fingerprint density at radius 2 is 1.86 bits per heavy atom. The first-order valence-corrected chi connectivity index (χ1v) is 8.30. The lowest BCUT2D eigenvalue weighted by atomic mass is 9.96. The highest BCUT2D eigenvalue weighted by atomic mass is 32.2. The molecule has 0 aliphatic rings. The number of hydrogen-bond donors (Lipinski definition) is 1. The molecule has 7 heteroatoms. The fraction of sp³-hybridized carbons (Fsp3) is 0.786. The van der Waals surface area contributed by atoms with Gasteiger partial charge >= 0.3 is 0 Å². The van der Waals surface area contributed by atoms with Gasteiger partial charge in [0.2, 0.25) is 11.8 Å². The molecule has 1 amide bonds. The molecule has 21 heavy (non-hydrogen) atoms. The first kappa shape index (κ1) is 17.8. The van der Waals surface area contributed by atoms with Crippen molar-refractivity contribution in [2.24, 2.45) is 0 Å². The van der Waals surface area contributed by atoms with Gasteiger partial charge in [0.25, 0.3) is 0 Å². The van der Waals surface area contributed by atoms with Gasteiger partial charge in [-0.25, -0.2) is 0 Å². The molecule has 1 heterocycles. The lowest BCUT2D eigenvalue weighted by Gasteiger charge is -2.20. The molecule has 120 valence electrons. The van der Waals surface area contributed by atoms with Crippen molar-refractivity contribution in [3.05, 3.63) is 11.7 Å². The van der Waals surface area contributed by atoms with E-state index in [1.54, 1.807) is 6.92 Å². The lowest BCUT2D eigenvalue weighted by Crippen LogP contribution is -2.43. The van der Waals surface area contributed by atoms with Gasteiger partial charge in [0.1, 0.15) is 11.0 Å². The standard InChI is InChI=1S/C14H25N3O3S/c1-9(11-15-12(17-20-11)13(2,3)4)21(19)8-10(18)16-14(5,6)7/h9H,8H2,1-7H3,(H,16,18). The fourth-order valence-electron chi connectivity index (χ4n) is 1.53. The van der Waals surface area contributed by atoms with Crippen LogP contribution in [-0.4, -0.2) is 31.5 Å². The molecule has 0 saturated carbocycles. The van der Waals surface area contributed by atoms with Crippen LogP contribution in [0.15, 0.2) is 4.52 Å². The van der Waals surface area contributed by atoms with E-state index in [4.69, 9.17) is 4.52 Å². The van der Waals surface area contributed by atoms with Crippen LogP contribution < -0.4 is 5.32 Å². The summed E-state index contributed by atoms with van der Waals surface area (Å²) in [6.07, 6.45) is 0. The van der Waals surface area contributed by atoms with Gasteiger partial charge in [-0.3, -0.25) is 9.00 Å². The van der Waals surface area contributed by atoms with E-state index in [0.29, 0.717) is 11.7 Å². The molecule has 1 aromatic heterocycles. The van der Waals surface area contributed by atoms with Crippen LogP contribution >= 0.6 is 0 Å². The maximum atomic E-state index is 12.2. The number of nitrogens with zero attached hydrogens (tertiary/aromatic N) is 2. The largest absolute Gasteiger partial charge is 0.351 e. The third-order valence-electron chi connectivity index (χ3n) is 2.64. The van der Waals surface area contributed by atoms with Crippen molar-refractivity contribution < 1.29 is 13.5 Å². The van der Waals surface area contributed by atoms with Crippen molar-refractivity contribution in [3.8, 4) is 0 Å². The summed E-state index contributed by atoms with van der Waals surface area (Å²) in [6.45, 7) is 13.3. The van der Waals surface area contributed by atoms with E-state index in [1.807, 2.05) is 41.5 Å². The van der Waals surface area contributed by atoms with Crippen LogP contribution in [-0.2, 0) is 21.0 Å². The lowest BCUT2D eigenvalue weighted by molar-refractivity contribution is -0.119. The van der Waals surface area contributed by atoms with Crippen LogP contribution in [0.1, 0.15) is 65.4 Å². The molecule has 1 N–H and O–H groups in total. The molecular weight excluding hydrogens is 290 g/mol. The average molecular weight is 315 g/mol. The van der Waals surface area contributed by atoms with Gasteiger partial charge in [-0.1, -0.05) is 25.9 Å². The maximum absolute atomic E-state index is 12.2. The van der Waals surface area contributed by atoms with Gasteiger partial charge in [0.15, 0.2) is 5.82 Å². The topological polar surface area (TPSA) is 85.1 Å². The number of amides is 1. The molecule has 0 spiro atoms. The second kappa shape index (κ2) is 6.25. The van der Waals surface area contributed by atoms with Gasteiger partial charge in [0.05, 0.1) is 0 Å². The van der Waals surface area contributed by atoms with E-state index >= 15 is 0 Å². The zero-order chi connectivity index (χ0) is 16.4. The second-order valence-corrected chi connectivity index (χ2v) is 8.93. The van der Waals surface area contributed by atoms with Gasteiger partial charge in [-0.2, -0.15) is 4.98 Å². The van der Waals surface area contributed by atoms with Gasteiger partial charge in [0, 0.05) is 21.8 Å². The zero-order valence-electron chi connectivity index (χ0n) is 13.8. The van der Waals surface area contributed by atoms with Crippen LogP contribution in [0, 0.1) is 0 Å². The summed E-state index contributed by atoms with van der Waals surface area (Å²) in [4.78, 5) is 16.1. The van der Waals surface area contributed by atoms with E-state index < -0.39 is 16.0 Å². The minimum absolute atomic E-state index is 0.0777. The third-order valence-corrected chi connectivity index (χ3v) is 4.18. The van der Waals surface area contributed by atoms with Crippen molar-refractivity contribution in [2.45, 2.75) is 64.7 Å². The number of rotatable bonds is 4. The predicted octanol–water partition coefficient (Wildman–Crippen LogP) is 2.09. The molecule has 6 nitrogen and oxygen atoms in total. The molecule has 0 saturated heterocycles. The van der Waals surface area contributed by atoms with Crippen molar-refractivity contribution in [3.63, 3.8) is 0 Å². The van der Waals surface area contributed by atoms with Crippen LogP contribution in [0.5, 0.6) is 0 Å². The average Bonchev–Trinajstić information content (AvgIpc) is 2.73. The Kier molecular flexibility index (Phi) is 5.30. The molecule has 0 aromatic carbocycles. The Morgan fingerprint density at radius 1 is 1.29 bits per heavy atom. The third kappa shape index (κ3) is 5.57. The molecule has 0 aliphatic carbocycles. The van der Waals surface area contributed by atoms with Crippen molar-refractivity contribution >= 4 is 16.7 Å². The maximum Gasteiger partial charge on any atom is 0.242 e. The monoisotopic (exact) mass is 315 g/mol. The highest BCUT2D eigenvalue weighted by Crippen LogP contribution is 2.23. The summed E-state index contributed by atoms with van der Waals surface area (Å²) in [7, 11) is -1.40. The van der Waals surface area contributed by atoms with E-state index in [0.717, 1.165) is 0 Å². The fourth-order valence-corrected chi connectivity index (χ4v) is 2.43.